The molecule has 1 fully saturated rings. The molecule has 0 bridgehead atoms. The SMILES string of the molecule is Cc1cccc2c1CC1CCCCC1=C2Br. The third-order valence-electron chi connectivity index (χ3n) is 4.12. The zero-order valence-electron chi connectivity index (χ0n) is 9.72. The summed E-state index contributed by atoms with van der Waals surface area (Å²) in [5.41, 5.74) is 6.17. The minimum atomic E-state index is 0.816. The topological polar surface area (TPSA) is 0 Å². The summed E-state index contributed by atoms with van der Waals surface area (Å²) in [6, 6.07) is 6.69. The van der Waals surface area contributed by atoms with Crippen molar-refractivity contribution in [1.29, 1.82) is 0 Å². The van der Waals surface area contributed by atoms with Crippen LogP contribution >= 0.6 is 15.9 Å². The Kier molecular flexibility index (Phi) is 2.67. The van der Waals surface area contributed by atoms with Crippen molar-refractivity contribution < 1.29 is 0 Å². The first-order chi connectivity index (χ1) is 7.77. The summed E-state index contributed by atoms with van der Waals surface area (Å²) in [7, 11) is 0. The van der Waals surface area contributed by atoms with E-state index in [4.69, 9.17) is 0 Å². The Morgan fingerprint density at radius 2 is 2.12 bits per heavy atom. The van der Waals surface area contributed by atoms with E-state index in [2.05, 4.69) is 41.1 Å². The van der Waals surface area contributed by atoms with E-state index < -0.39 is 0 Å². The lowest BCUT2D eigenvalue weighted by atomic mass is 9.74. The molecule has 1 aromatic carbocycles. The van der Waals surface area contributed by atoms with Gasteiger partial charge in [0.05, 0.1) is 0 Å². The lowest BCUT2D eigenvalue weighted by molar-refractivity contribution is 0.448. The van der Waals surface area contributed by atoms with Crippen LogP contribution in [0.25, 0.3) is 4.48 Å². The Morgan fingerprint density at radius 3 is 3.00 bits per heavy atom. The fourth-order valence-corrected chi connectivity index (χ4v) is 4.09. The smallest absolute Gasteiger partial charge is 0.0245 e. The Morgan fingerprint density at radius 1 is 1.25 bits per heavy atom. The molecule has 0 amide bonds. The summed E-state index contributed by atoms with van der Waals surface area (Å²) >= 11 is 3.84. The standard InChI is InChI=1S/C15H17Br/c1-10-5-4-8-13-14(10)9-11-6-2-3-7-12(11)15(13)16/h4-5,8,11H,2-3,6-7,9H2,1H3. The van der Waals surface area contributed by atoms with E-state index in [0.29, 0.717) is 0 Å². The summed E-state index contributed by atoms with van der Waals surface area (Å²) < 4.78 is 1.40. The first-order valence-electron chi connectivity index (χ1n) is 6.25. The van der Waals surface area contributed by atoms with Crippen LogP contribution in [0.3, 0.4) is 0 Å². The van der Waals surface area contributed by atoms with Crippen molar-refractivity contribution >= 4 is 20.4 Å². The van der Waals surface area contributed by atoms with Crippen molar-refractivity contribution in [3.8, 4) is 0 Å². The summed E-state index contributed by atoms with van der Waals surface area (Å²) in [5, 5.41) is 0. The molecule has 0 radical (unpaired) electrons. The lowest BCUT2D eigenvalue weighted by Crippen LogP contribution is -2.19. The average Bonchev–Trinajstić information content (AvgIpc) is 2.31. The van der Waals surface area contributed by atoms with E-state index in [-0.39, 0.29) is 0 Å². The highest BCUT2D eigenvalue weighted by atomic mass is 79.9. The molecule has 0 nitrogen and oxygen atoms in total. The predicted molar refractivity (Wildman–Crippen MR) is 72.7 cm³/mol. The monoisotopic (exact) mass is 276 g/mol. The molecular formula is C15H17Br. The van der Waals surface area contributed by atoms with E-state index in [1.165, 1.54) is 47.7 Å². The molecule has 0 aromatic heterocycles. The first-order valence-corrected chi connectivity index (χ1v) is 7.04. The maximum atomic E-state index is 3.84. The summed E-state index contributed by atoms with van der Waals surface area (Å²) in [5.74, 6) is 0.816. The lowest BCUT2D eigenvalue weighted by Gasteiger charge is -2.33. The molecule has 3 rings (SSSR count). The van der Waals surface area contributed by atoms with Crippen LogP contribution in [0.2, 0.25) is 0 Å². The maximum absolute atomic E-state index is 3.84. The van der Waals surface area contributed by atoms with Gasteiger partial charge in [0, 0.05) is 4.48 Å². The van der Waals surface area contributed by atoms with Crippen LogP contribution in [0.5, 0.6) is 0 Å². The van der Waals surface area contributed by atoms with Crippen LogP contribution in [0.4, 0.5) is 0 Å². The number of allylic oxidation sites excluding steroid dienone is 1. The molecule has 1 atom stereocenters. The molecule has 0 spiro atoms. The van der Waals surface area contributed by atoms with Crippen molar-refractivity contribution in [2.75, 3.05) is 0 Å². The molecule has 16 heavy (non-hydrogen) atoms. The van der Waals surface area contributed by atoms with Crippen LogP contribution in [0.15, 0.2) is 23.8 Å². The van der Waals surface area contributed by atoms with Crippen LogP contribution in [0, 0.1) is 12.8 Å². The van der Waals surface area contributed by atoms with E-state index in [1.54, 1.807) is 11.1 Å². The second-order valence-electron chi connectivity index (χ2n) is 5.09. The fourth-order valence-electron chi connectivity index (χ4n) is 3.20. The van der Waals surface area contributed by atoms with Gasteiger partial charge in [-0.15, -0.1) is 0 Å². The van der Waals surface area contributed by atoms with Crippen molar-refractivity contribution in [2.45, 2.75) is 39.0 Å². The third kappa shape index (κ3) is 1.57. The van der Waals surface area contributed by atoms with E-state index in [9.17, 15) is 0 Å². The third-order valence-corrected chi connectivity index (χ3v) is 5.06. The van der Waals surface area contributed by atoms with E-state index >= 15 is 0 Å². The molecule has 84 valence electrons. The number of fused-ring (bicyclic) bond motifs is 2. The second-order valence-corrected chi connectivity index (χ2v) is 5.88. The quantitative estimate of drug-likeness (QED) is 0.636. The van der Waals surface area contributed by atoms with Gasteiger partial charge in [0.25, 0.3) is 0 Å². The minimum absolute atomic E-state index is 0.816. The molecule has 1 saturated carbocycles. The number of benzene rings is 1. The Labute approximate surface area is 106 Å². The normalized spacial score (nSPS) is 24.0. The Bertz CT molecular complexity index is 457. The molecule has 0 heterocycles. The van der Waals surface area contributed by atoms with Crippen molar-refractivity contribution in [3.63, 3.8) is 0 Å². The summed E-state index contributed by atoms with van der Waals surface area (Å²) in [6.07, 6.45) is 6.75. The number of hydrogen-bond acceptors (Lipinski definition) is 0. The predicted octanol–water partition coefficient (Wildman–Crippen LogP) is 4.85. The molecule has 2 aliphatic rings. The van der Waals surface area contributed by atoms with Crippen molar-refractivity contribution in [3.05, 3.63) is 40.5 Å². The van der Waals surface area contributed by atoms with Crippen LogP contribution in [-0.2, 0) is 6.42 Å². The highest BCUT2D eigenvalue weighted by Gasteiger charge is 2.28. The minimum Gasteiger partial charge on any atom is -0.0613 e. The molecule has 0 aliphatic heterocycles. The van der Waals surface area contributed by atoms with Crippen molar-refractivity contribution in [2.24, 2.45) is 5.92 Å². The zero-order chi connectivity index (χ0) is 11.1. The van der Waals surface area contributed by atoms with Crippen LogP contribution < -0.4 is 0 Å². The van der Waals surface area contributed by atoms with E-state index in [0.717, 1.165) is 5.92 Å². The number of aryl methyl sites for hydroxylation is 1. The highest BCUT2D eigenvalue weighted by molar-refractivity contribution is 9.15. The van der Waals surface area contributed by atoms with Gasteiger partial charge in [-0.2, -0.15) is 0 Å². The average molecular weight is 277 g/mol. The first kappa shape index (κ1) is 10.6. The van der Waals surface area contributed by atoms with Gasteiger partial charge in [0.15, 0.2) is 0 Å². The highest BCUT2D eigenvalue weighted by Crippen LogP contribution is 2.45. The molecule has 0 N–H and O–H groups in total. The van der Waals surface area contributed by atoms with Gasteiger partial charge >= 0.3 is 0 Å². The van der Waals surface area contributed by atoms with Gasteiger partial charge in [0.2, 0.25) is 0 Å². The number of rotatable bonds is 0. The van der Waals surface area contributed by atoms with Gasteiger partial charge in [-0.25, -0.2) is 0 Å². The van der Waals surface area contributed by atoms with E-state index in [1.807, 2.05) is 0 Å². The number of halogens is 1. The largest absolute Gasteiger partial charge is 0.0613 e. The van der Waals surface area contributed by atoms with Gasteiger partial charge in [-0.1, -0.05) is 46.1 Å². The maximum Gasteiger partial charge on any atom is 0.0245 e. The Hall–Kier alpha value is -0.560. The molecule has 2 aliphatic carbocycles. The molecule has 1 unspecified atom stereocenters. The van der Waals surface area contributed by atoms with Gasteiger partial charge in [0.1, 0.15) is 0 Å². The van der Waals surface area contributed by atoms with Crippen LogP contribution in [-0.4, -0.2) is 0 Å². The summed E-state index contributed by atoms with van der Waals surface area (Å²) in [6.45, 7) is 2.24. The molecule has 1 heteroatoms. The van der Waals surface area contributed by atoms with Crippen molar-refractivity contribution in [1.82, 2.24) is 0 Å². The molecular weight excluding hydrogens is 260 g/mol. The van der Waals surface area contributed by atoms with Gasteiger partial charge in [-0.05, 0) is 55.2 Å². The molecule has 0 saturated heterocycles. The fraction of sp³-hybridized carbons (Fsp3) is 0.467. The second kappa shape index (κ2) is 4.03. The van der Waals surface area contributed by atoms with Gasteiger partial charge < -0.3 is 0 Å². The van der Waals surface area contributed by atoms with Crippen LogP contribution in [0.1, 0.15) is 42.4 Å². The number of hydrogen-bond donors (Lipinski definition) is 0. The Balaban J connectivity index is 2.15. The van der Waals surface area contributed by atoms with Gasteiger partial charge in [-0.3, -0.25) is 0 Å². The summed E-state index contributed by atoms with van der Waals surface area (Å²) in [4.78, 5) is 0. The zero-order valence-corrected chi connectivity index (χ0v) is 11.3. The molecule has 1 aromatic rings.